The second kappa shape index (κ2) is 14.9. The van der Waals surface area contributed by atoms with Gasteiger partial charge >= 0.3 is 5.97 Å². The normalized spacial score (nSPS) is 11.8. The van der Waals surface area contributed by atoms with Gasteiger partial charge in [0.2, 0.25) is 5.78 Å². The van der Waals surface area contributed by atoms with Gasteiger partial charge in [-0.15, -0.1) is 0 Å². The third-order valence-electron chi connectivity index (χ3n) is 6.61. The highest BCUT2D eigenvalue weighted by Crippen LogP contribution is 2.27. The average molecular weight is 487 g/mol. The first-order chi connectivity index (χ1) is 16.7. The lowest BCUT2D eigenvalue weighted by Crippen LogP contribution is -2.24. The summed E-state index contributed by atoms with van der Waals surface area (Å²) in [6, 6.07) is 5.81. The minimum Gasteiger partial charge on any atom is -0.497 e. The number of carboxylic acids is 1. The van der Waals surface area contributed by atoms with E-state index in [1.54, 1.807) is 7.11 Å². The van der Waals surface area contributed by atoms with Gasteiger partial charge in [0.25, 0.3) is 0 Å². The molecule has 0 unspecified atom stereocenters. The number of aromatic nitrogens is 2. The number of imidazole rings is 1. The Balaban J connectivity index is 1.67. The molecule has 196 valence electrons. The van der Waals surface area contributed by atoms with Crippen LogP contribution in [-0.4, -0.2) is 33.5 Å². The van der Waals surface area contributed by atoms with Gasteiger partial charge in [-0.05, 0) is 25.0 Å². The van der Waals surface area contributed by atoms with Crippen LogP contribution in [0.15, 0.2) is 18.2 Å². The summed E-state index contributed by atoms with van der Waals surface area (Å²) in [4.78, 5) is 28.2. The molecule has 0 saturated carbocycles. The van der Waals surface area contributed by atoms with Gasteiger partial charge in [-0.1, -0.05) is 91.4 Å². The SMILES string of the molecule is COc1ccc2nc(C(=O)C(C)(C)C)n(CCCCCCCCCCCCCCCC(=O)O)c2c1. The van der Waals surface area contributed by atoms with Crippen LogP contribution in [0.5, 0.6) is 5.75 Å². The summed E-state index contributed by atoms with van der Waals surface area (Å²) in [5.41, 5.74) is 1.35. The Morgan fingerprint density at radius 2 is 1.37 bits per heavy atom. The smallest absolute Gasteiger partial charge is 0.303 e. The van der Waals surface area contributed by atoms with Crippen molar-refractivity contribution in [1.29, 1.82) is 0 Å². The number of aryl methyl sites for hydroxylation is 1. The molecule has 0 aliphatic carbocycles. The number of ketones is 1. The van der Waals surface area contributed by atoms with Gasteiger partial charge in [-0.25, -0.2) is 4.98 Å². The fourth-order valence-corrected chi connectivity index (χ4v) is 4.46. The number of benzene rings is 1. The van der Waals surface area contributed by atoms with E-state index in [1.807, 2.05) is 39.0 Å². The number of ether oxygens (including phenoxy) is 1. The predicted octanol–water partition coefficient (Wildman–Crippen LogP) is 7.82. The van der Waals surface area contributed by atoms with Crippen molar-refractivity contribution in [2.45, 2.75) is 117 Å². The van der Waals surface area contributed by atoms with Crippen LogP contribution in [0.3, 0.4) is 0 Å². The molecular weight excluding hydrogens is 440 g/mol. The molecule has 2 aromatic rings. The van der Waals surface area contributed by atoms with Crippen molar-refractivity contribution >= 4 is 22.8 Å². The molecule has 0 spiro atoms. The third-order valence-corrected chi connectivity index (χ3v) is 6.61. The number of carboxylic acid groups (broad SMARTS) is 1. The molecule has 0 bridgehead atoms. The molecule has 1 aromatic carbocycles. The maximum Gasteiger partial charge on any atom is 0.303 e. The van der Waals surface area contributed by atoms with E-state index in [4.69, 9.17) is 9.84 Å². The number of Topliss-reactive ketones (excluding diaryl/α,β-unsaturated/α-hetero) is 1. The monoisotopic (exact) mass is 486 g/mol. The van der Waals surface area contributed by atoms with Crippen LogP contribution in [0.1, 0.15) is 121 Å². The van der Waals surface area contributed by atoms with Crippen molar-refractivity contribution in [2.75, 3.05) is 7.11 Å². The highest BCUT2D eigenvalue weighted by molar-refractivity contribution is 5.99. The van der Waals surface area contributed by atoms with Crippen molar-refractivity contribution in [1.82, 2.24) is 9.55 Å². The zero-order valence-corrected chi connectivity index (χ0v) is 22.4. The van der Waals surface area contributed by atoms with Gasteiger partial charge in [0.15, 0.2) is 5.82 Å². The van der Waals surface area contributed by atoms with Crippen LogP contribution in [0.2, 0.25) is 0 Å². The van der Waals surface area contributed by atoms with Gasteiger partial charge in [-0.3, -0.25) is 9.59 Å². The van der Waals surface area contributed by atoms with Crippen molar-refractivity contribution in [2.24, 2.45) is 5.41 Å². The molecule has 1 N–H and O–H groups in total. The minimum atomic E-state index is -0.679. The molecule has 0 aliphatic heterocycles. The zero-order chi connectivity index (χ0) is 25.7. The molecule has 0 saturated heterocycles. The molecule has 0 atom stereocenters. The number of aliphatic carboxylic acids is 1. The fourth-order valence-electron chi connectivity index (χ4n) is 4.46. The van der Waals surface area contributed by atoms with Crippen LogP contribution in [0, 0.1) is 5.41 Å². The highest BCUT2D eigenvalue weighted by atomic mass is 16.5. The third kappa shape index (κ3) is 10.0. The van der Waals surface area contributed by atoms with Crippen molar-refractivity contribution in [3.05, 3.63) is 24.0 Å². The quantitative estimate of drug-likeness (QED) is 0.172. The van der Waals surface area contributed by atoms with Gasteiger partial charge in [0.05, 0.1) is 18.1 Å². The van der Waals surface area contributed by atoms with Gasteiger partial charge in [-0.2, -0.15) is 0 Å². The van der Waals surface area contributed by atoms with E-state index in [-0.39, 0.29) is 5.78 Å². The standard InChI is InChI=1S/C29H46N2O4/c1-29(2,3)27(34)28-30-24-20-19-23(35-4)22-25(24)31(28)21-17-15-13-11-9-7-5-6-8-10-12-14-16-18-26(32)33/h19-20,22H,5-18,21H2,1-4H3,(H,32,33). The average Bonchev–Trinajstić information content (AvgIpc) is 3.17. The maximum absolute atomic E-state index is 13.0. The van der Waals surface area contributed by atoms with Crippen LogP contribution in [-0.2, 0) is 11.3 Å². The lowest BCUT2D eigenvalue weighted by Gasteiger charge is -2.17. The van der Waals surface area contributed by atoms with Crippen LogP contribution in [0.25, 0.3) is 11.0 Å². The summed E-state index contributed by atoms with van der Waals surface area (Å²) < 4.78 is 7.49. The molecule has 2 rings (SSSR count). The first-order valence-electron chi connectivity index (χ1n) is 13.5. The van der Waals surface area contributed by atoms with Crippen LogP contribution in [0.4, 0.5) is 0 Å². The van der Waals surface area contributed by atoms with Crippen molar-refractivity contribution in [3.8, 4) is 5.75 Å². The van der Waals surface area contributed by atoms with Crippen LogP contribution >= 0.6 is 0 Å². The summed E-state index contributed by atoms with van der Waals surface area (Å²) in [5.74, 6) is 0.739. The summed E-state index contributed by atoms with van der Waals surface area (Å²) >= 11 is 0. The molecular formula is C29H46N2O4. The fraction of sp³-hybridized carbons (Fsp3) is 0.690. The van der Waals surface area contributed by atoms with E-state index in [2.05, 4.69) is 9.55 Å². The molecule has 1 heterocycles. The Morgan fingerprint density at radius 1 is 0.857 bits per heavy atom. The molecule has 0 amide bonds. The summed E-state index contributed by atoms with van der Waals surface area (Å²) in [6.07, 6.45) is 15.7. The number of methoxy groups -OCH3 is 1. The molecule has 0 fully saturated rings. The lowest BCUT2D eigenvalue weighted by molar-refractivity contribution is -0.137. The Hall–Kier alpha value is -2.37. The van der Waals surface area contributed by atoms with E-state index < -0.39 is 11.4 Å². The Bertz CT molecular complexity index is 927. The van der Waals surface area contributed by atoms with E-state index in [9.17, 15) is 9.59 Å². The van der Waals surface area contributed by atoms with Crippen molar-refractivity contribution < 1.29 is 19.4 Å². The molecule has 6 nitrogen and oxygen atoms in total. The molecule has 1 aromatic heterocycles. The number of nitrogens with zero attached hydrogens (tertiary/aromatic N) is 2. The summed E-state index contributed by atoms with van der Waals surface area (Å²) in [5, 5.41) is 8.64. The predicted molar refractivity (Wildman–Crippen MR) is 142 cm³/mol. The molecule has 6 heteroatoms. The number of hydrogen-bond acceptors (Lipinski definition) is 4. The van der Waals surface area contributed by atoms with E-state index in [1.165, 1.54) is 51.4 Å². The molecule has 0 radical (unpaired) electrons. The first-order valence-corrected chi connectivity index (χ1v) is 13.5. The molecule has 35 heavy (non-hydrogen) atoms. The number of carbonyl (C=O) groups excluding carboxylic acids is 1. The van der Waals surface area contributed by atoms with Crippen LogP contribution < -0.4 is 4.74 Å². The topological polar surface area (TPSA) is 81.4 Å². The Labute approximate surface area is 211 Å². The number of rotatable bonds is 18. The van der Waals surface area contributed by atoms with E-state index in [0.717, 1.165) is 55.4 Å². The number of unbranched alkanes of at least 4 members (excludes halogenated alkanes) is 12. The second-order valence-electron chi connectivity index (χ2n) is 10.8. The zero-order valence-electron chi connectivity index (χ0n) is 22.4. The number of hydrogen-bond donors (Lipinski definition) is 1. The van der Waals surface area contributed by atoms with Crippen molar-refractivity contribution in [3.63, 3.8) is 0 Å². The van der Waals surface area contributed by atoms with Gasteiger partial charge in [0, 0.05) is 24.4 Å². The number of carbonyl (C=O) groups is 2. The lowest BCUT2D eigenvalue weighted by atomic mass is 9.90. The van der Waals surface area contributed by atoms with Gasteiger partial charge < -0.3 is 14.4 Å². The summed E-state index contributed by atoms with van der Waals surface area (Å²) in [7, 11) is 1.66. The van der Waals surface area contributed by atoms with E-state index in [0.29, 0.717) is 12.2 Å². The first kappa shape index (κ1) is 28.9. The molecule has 0 aliphatic rings. The highest BCUT2D eigenvalue weighted by Gasteiger charge is 2.28. The second-order valence-corrected chi connectivity index (χ2v) is 10.8. The summed E-state index contributed by atoms with van der Waals surface area (Å²) in [6.45, 7) is 6.64. The number of fused-ring (bicyclic) bond motifs is 1. The Morgan fingerprint density at radius 3 is 1.86 bits per heavy atom. The Kier molecular flexibility index (Phi) is 12.3. The minimum absolute atomic E-state index is 0.0768. The van der Waals surface area contributed by atoms with E-state index >= 15 is 0 Å². The van der Waals surface area contributed by atoms with Gasteiger partial charge in [0.1, 0.15) is 5.75 Å². The maximum atomic E-state index is 13.0. The largest absolute Gasteiger partial charge is 0.497 e.